The zero-order chi connectivity index (χ0) is 27.2. The van der Waals surface area contributed by atoms with Crippen LogP contribution >= 0.6 is 0 Å². The monoisotopic (exact) mass is 500 g/mol. The molecule has 1 aliphatic rings. The molecule has 36 heavy (non-hydrogen) atoms. The minimum atomic E-state index is -1.02. The van der Waals surface area contributed by atoms with Gasteiger partial charge in [0.25, 0.3) is 0 Å². The van der Waals surface area contributed by atoms with E-state index in [0.717, 1.165) is 5.57 Å². The van der Waals surface area contributed by atoms with Crippen LogP contribution in [0.25, 0.3) is 0 Å². The first-order valence-corrected chi connectivity index (χ1v) is 12.6. The fourth-order valence-electron chi connectivity index (χ4n) is 4.58. The summed E-state index contributed by atoms with van der Waals surface area (Å²) in [4.78, 5) is 13.3. The van der Waals surface area contributed by atoms with E-state index in [9.17, 15) is 4.79 Å². The molecule has 0 heterocycles. The Kier molecular flexibility index (Phi) is 9.95. The van der Waals surface area contributed by atoms with Gasteiger partial charge in [-0.2, -0.15) is 0 Å². The van der Waals surface area contributed by atoms with Gasteiger partial charge in [-0.15, -0.1) is 0 Å². The van der Waals surface area contributed by atoms with Crippen LogP contribution in [0.3, 0.4) is 0 Å². The van der Waals surface area contributed by atoms with Gasteiger partial charge in [0.1, 0.15) is 0 Å². The van der Waals surface area contributed by atoms with Crippen molar-refractivity contribution in [1.82, 2.24) is 0 Å². The number of benzene rings is 1. The van der Waals surface area contributed by atoms with Crippen LogP contribution in [0.4, 0.5) is 0 Å². The quantitative estimate of drug-likeness (QED) is 0.230. The molecule has 1 aromatic rings. The van der Waals surface area contributed by atoms with Crippen molar-refractivity contribution in [2.24, 2.45) is 11.3 Å². The summed E-state index contributed by atoms with van der Waals surface area (Å²) in [7, 11) is 3.25. The van der Waals surface area contributed by atoms with E-state index in [1.54, 1.807) is 26.4 Å². The molecule has 0 saturated heterocycles. The number of methoxy groups -OCH3 is 2. The molecular formula is C30H44O6. The molecule has 0 spiro atoms. The van der Waals surface area contributed by atoms with Crippen LogP contribution < -0.4 is 0 Å². The maximum absolute atomic E-state index is 13.3. The number of rotatable bonds is 9. The summed E-state index contributed by atoms with van der Waals surface area (Å²) in [6.07, 6.45) is 3.19. The summed E-state index contributed by atoms with van der Waals surface area (Å²) in [5.74, 6) is 4.81. The van der Waals surface area contributed by atoms with E-state index in [2.05, 4.69) is 32.6 Å². The third kappa shape index (κ3) is 7.66. The molecule has 3 atom stereocenters. The largest absolute Gasteiger partial charge is 0.441 e. The number of hydrogen-bond donors (Lipinski definition) is 0. The van der Waals surface area contributed by atoms with Gasteiger partial charge < -0.3 is 23.7 Å². The minimum absolute atomic E-state index is 0.0587. The molecule has 0 bridgehead atoms. The van der Waals surface area contributed by atoms with Gasteiger partial charge in [-0.25, -0.2) is 4.79 Å². The average Bonchev–Trinajstić information content (AvgIpc) is 2.80. The molecule has 0 aliphatic heterocycles. The highest BCUT2D eigenvalue weighted by molar-refractivity contribution is 5.90. The molecule has 0 radical (unpaired) electrons. The van der Waals surface area contributed by atoms with Crippen LogP contribution in [0.2, 0.25) is 0 Å². The maximum Gasteiger partial charge on any atom is 0.339 e. The van der Waals surface area contributed by atoms with Crippen molar-refractivity contribution in [2.45, 2.75) is 91.5 Å². The molecule has 200 valence electrons. The SMILES string of the molecule is COC(C)(C)OCC=C(C)C#C[C@]1(OC(=O)c2ccccc2)[C@H](C)C[C@@H](OC(C)(C)OC)CC1(C)C. The topological polar surface area (TPSA) is 63.2 Å². The molecule has 1 aliphatic carbocycles. The third-order valence-corrected chi connectivity index (χ3v) is 7.02. The summed E-state index contributed by atoms with van der Waals surface area (Å²) in [5, 5.41) is 0. The molecule has 1 fully saturated rings. The van der Waals surface area contributed by atoms with Gasteiger partial charge in [0.15, 0.2) is 17.2 Å². The summed E-state index contributed by atoms with van der Waals surface area (Å²) in [6.45, 7) is 16.1. The molecule has 0 amide bonds. The van der Waals surface area contributed by atoms with Gasteiger partial charge in [-0.3, -0.25) is 0 Å². The number of carbonyl (C=O) groups is 1. The van der Waals surface area contributed by atoms with E-state index in [1.165, 1.54) is 0 Å². The van der Waals surface area contributed by atoms with Crippen LogP contribution in [0, 0.1) is 23.2 Å². The highest BCUT2D eigenvalue weighted by Crippen LogP contribution is 2.51. The van der Waals surface area contributed by atoms with E-state index in [0.29, 0.717) is 25.0 Å². The Morgan fingerprint density at radius 2 is 1.69 bits per heavy atom. The molecule has 0 unspecified atom stereocenters. The zero-order valence-corrected chi connectivity index (χ0v) is 23.7. The normalized spacial score (nSPS) is 24.6. The van der Waals surface area contributed by atoms with E-state index < -0.39 is 22.6 Å². The van der Waals surface area contributed by atoms with Gasteiger partial charge in [-0.1, -0.05) is 44.9 Å². The summed E-state index contributed by atoms with van der Waals surface area (Å²) < 4.78 is 29.2. The van der Waals surface area contributed by atoms with Gasteiger partial charge in [0, 0.05) is 25.6 Å². The summed E-state index contributed by atoms with van der Waals surface area (Å²) in [6, 6.07) is 9.05. The van der Waals surface area contributed by atoms with Crippen LogP contribution in [0.15, 0.2) is 42.0 Å². The number of carbonyl (C=O) groups excluding carboxylic acids is 1. The molecule has 1 saturated carbocycles. The van der Waals surface area contributed by atoms with Crippen LogP contribution in [-0.2, 0) is 23.7 Å². The lowest BCUT2D eigenvalue weighted by molar-refractivity contribution is -0.249. The Hall–Kier alpha value is -2.17. The van der Waals surface area contributed by atoms with Gasteiger partial charge in [0.05, 0.1) is 18.3 Å². The highest BCUT2D eigenvalue weighted by atomic mass is 16.7. The van der Waals surface area contributed by atoms with E-state index in [1.807, 2.05) is 58.9 Å². The molecule has 2 rings (SSSR count). The number of ether oxygens (including phenoxy) is 5. The van der Waals surface area contributed by atoms with Gasteiger partial charge >= 0.3 is 5.97 Å². The molecule has 1 aromatic carbocycles. The van der Waals surface area contributed by atoms with Crippen LogP contribution in [0.1, 0.15) is 78.6 Å². The Labute approximate surface area is 217 Å². The second-order valence-electron chi connectivity index (χ2n) is 11.1. The Balaban J connectivity index is 2.41. The maximum atomic E-state index is 13.3. The Morgan fingerprint density at radius 1 is 1.08 bits per heavy atom. The summed E-state index contributed by atoms with van der Waals surface area (Å²) >= 11 is 0. The van der Waals surface area contributed by atoms with Crippen molar-refractivity contribution >= 4 is 5.97 Å². The minimum Gasteiger partial charge on any atom is -0.441 e. The second-order valence-corrected chi connectivity index (χ2v) is 11.1. The van der Waals surface area contributed by atoms with E-state index in [-0.39, 0.29) is 18.0 Å². The predicted octanol–water partition coefficient (Wildman–Crippen LogP) is 6.15. The van der Waals surface area contributed by atoms with Crippen molar-refractivity contribution in [3.63, 3.8) is 0 Å². The fraction of sp³-hybridized carbons (Fsp3) is 0.633. The zero-order valence-electron chi connectivity index (χ0n) is 23.7. The smallest absolute Gasteiger partial charge is 0.339 e. The standard InChI is InChI=1S/C30H44O6/c1-22(17-19-34-28(5,6)32-9)16-18-30(36-26(31)24-14-12-11-13-15-24)23(2)20-25(21-27(30,3)4)35-29(7,8)33-10/h11-15,17,23,25H,19-21H2,1-10H3/t23-,25-,30+/m1/s1. The number of allylic oxidation sites excluding steroid dienone is 1. The third-order valence-electron chi connectivity index (χ3n) is 7.02. The summed E-state index contributed by atoms with van der Waals surface area (Å²) in [5.41, 5.74) is -0.175. The van der Waals surface area contributed by atoms with Crippen molar-refractivity contribution < 1.29 is 28.5 Å². The molecule has 6 nitrogen and oxygen atoms in total. The van der Waals surface area contributed by atoms with Crippen LogP contribution in [0.5, 0.6) is 0 Å². The second kappa shape index (κ2) is 11.9. The first-order chi connectivity index (χ1) is 16.7. The van der Waals surface area contributed by atoms with Crippen molar-refractivity contribution in [2.75, 3.05) is 20.8 Å². The fourth-order valence-corrected chi connectivity index (χ4v) is 4.58. The molecule has 6 heteroatoms. The van der Waals surface area contributed by atoms with Crippen molar-refractivity contribution in [3.8, 4) is 11.8 Å². The number of hydrogen-bond acceptors (Lipinski definition) is 6. The lowest BCUT2D eigenvalue weighted by Crippen LogP contribution is -2.58. The highest BCUT2D eigenvalue weighted by Gasteiger charge is 2.56. The van der Waals surface area contributed by atoms with Crippen molar-refractivity contribution in [3.05, 3.63) is 47.5 Å². The molecule has 0 N–H and O–H groups in total. The first kappa shape index (κ1) is 30.1. The average molecular weight is 501 g/mol. The van der Waals surface area contributed by atoms with Gasteiger partial charge in [0.2, 0.25) is 0 Å². The lowest BCUT2D eigenvalue weighted by Gasteiger charge is -2.52. The lowest BCUT2D eigenvalue weighted by atomic mass is 9.59. The Morgan fingerprint density at radius 3 is 2.25 bits per heavy atom. The van der Waals surface area contributed by atoms with E-state index in [4.69, 9.17) is 23.7 Å². The van der Waals surface area contributed by atoms with E-state index >= 15 is 0 Å². The van der Waals surface area contributed by atoms with Crippen molar-refractivity contribution in [1.29, 1.82) is 0 Å². The molecule has 0 aromatic heterocycles. The van der Waals surface area contributed by atoms with Crippen LogP contribution in [-0.4, -0.2) is 50.1 Å². The number of esters is 1. The van der Waals surface area contributed by atoms with Gasteiger partial charge in [-0.05, 0) is 77.2 Å². The Bertz CT molecular complexity index is 966. The first-order valence-electron chi connectivity index (χ1n) is 12.6. The predicted molar refractivity (Wildman–Crippen MR) is 141 cm³/mol. The molecular weight excluding hydrogens is 456 g/mol.